The zero-order valence-electron chi connectivity index (χ0n) is 28.9. The van der Waals surface area contributed by atoms with Gasteiger partial charge in [0, 0.05) is 105 Å². The molecular formula is C38H48N8O3. The molecule has 2 aromatic carbocycles. The molecule has 49 heavy (non-hydrogen) atoms. The molecule has 258 valence electrons. The van der Waals surface area contributed by atoms with Crippen LogP contribution < -0.4 is 15.1 Å². The van der Waals surface area contributed by atoms with Gasteiger partial charge in [-0.25, -0.2) is 0 Å². The number of rotatable bonds is 10. The Kier molecular flexibility index (Phi) is 9.19. The molecule has 2 saturated heterocycles. The van der Waals surface area contributed by atoms with E-state index in [1.807, 2.05) is 29.0 Å². The van der Waals surface area contributed by atoms with E-state index in [9.17, 15) is 14.4 Å². The van der Waals surface area contributed by atoms with Crippen LogP contribution in [-0.2, 0) is 22.4 Å². The van der Waals surface area contributed by atoms with E-state index in [4.69, 9.17) is 0 Å². The number of carbonyl (C=O) groups excluding carboxylic acids is 3. The summed E-state index contributed by atoms with van der Waals surface area (Å²) >= 11 is 0. The topological polar surface area (TPSA) is 121 Å². The molecule has 4 heterocycles. The van der Waals surface area contributed by atoms with Gasteiger partial charge < -0.3 is 19.7 Å². The van der Waals surface area contributed by atoms with Gasteiger partial charge in [0.15, 0.2) is 0 Å². The van der Waals surface area contributed by atoms with Crippen molar-refractivity contribution in [3.63, 3.8) is 0 Å². The molecule has 0 bridgehead atoms. The van der Waals surface area contributed by atoms with Gasteiger partial charge >= 0.3 is 0 Å². The van der Waals surface area contributed by atoms with Crippen LogP contribution in [0.25, 0.3) is 22.3 Å². The summed E-state index contributed by atoms with van der Waals surface area (Å²) in [5.41, 5.74) is 8.84. The molecule has 4 aromatic rings. The van der Waals surface area contributed by atoms with Crippen molar-refractivity contribution in [1.29, 1.82) is 0 Å². The predicted octanol–water partition coefficient (Wildman–Crippen LogP) is 4.46. The number of amides is 3. The molecule has 3 aliphatic rings. The van der Waals surface area contributed by atoms with Crippen molar-refractivity contribution in [2.45, 2.75) is 46.0 Å². The molecule has 2 fully saturated rings. The molecule has 7 rings (SSSR count). The summed E-state index contributed by atoms with van der Waals surface area (Å²) in [6, 6.07) is 16.7. The molecule has 0 radical (unpaired) electrons. The number of benzene rings is 2. The molecule has 1 atom stereocenters. The van der Waals surface area contributed by atoms with Crippen LogP contribution in [0.2, 0.25) is 0 Å². The molecule has 0 spiro atoms. The Labute approximate surface area is 288 Å². The number of anilines is 2. The normalized spacial score (nSPS) is 19.2. The number of nitrogens with zero attached hydrogens (tertiary/aromatic N) is 5. The van der Waals surface area contributed by atoms with Crippen LogP contribution in [0.3, 0.4) is 0 Å². The summed E-state index contributed by atoms with van der Waals surface area (Å²) in [6.07, 6.45) is 5.05. The SMILES string of the molecule is CN(CCC(=O)NC=O)c1ccc(N2CCC(CN3CCN(C(=O)c4ccc5cc(-c6n[nH]c7c6CCC(C)(C)C7)[nH]c5c4)CC3)C2)cc1. The van der Waals surface area contributed by atoms with E-state index in [1.165, 1.54) is 16.9 Å². The van der Waals surface area contributed by atoms with E-state index in [0.29, 0.717) is 24.3 Å². The molecule has 3 amide bonds. The molecule has 3 N–H and O–H groups in total. The second kappa shape index (κ2) is 13.7. The minimum Gasteiger partial charge on any atom is -0.374 e. The highest BCUT2D eigenvalue weighted by atomic mass is 16.2. The molecule has 1 aliphatic carbocycles. The number of hydrogen-bond donors (Lipinski definition) is 3. The van der Waals surface area contributed by atoms with E-state index < -0.39 is 0 Å². The van der Waals surface area contributed by atoms with Crippen molar-refractivity contribution in [3.05, 3.63) is 65.4 Å². The third-order valence-corrected chi connectivity index (χ3v) is 10.8. The summed E-state index contributed by atoms with van der Waals surface area (Å²) in [6.45, 7) is 11.6. The van der Waals surface area contributed by atoms with Crippen LogP contribution in [0.5, 0.6) is 0 Å². The van der Waals surface area contributed by atoms with Gasteiger partial charge in [0.2, 0.25) is 12.3 Å². The van der Waals surface area contributed by atoms with Crippen molar-refractivity contribution >= 4 is 40.5 Å². The minimum atomic E-state index is -0.272. The monoisotopic (exact) mass is 664 g/mol. The highest BCUT2D eigenvalue weighted by Gasteiger charge is 2.30. The number of imide groups is 1. The average Bonchev–Trinajstić information content (AvgIpc) is 3.85. The van der Waals surface area contributed by atoms with Gasteiger partial charge in [0.1, 0.15) is 5.69 Å². The molecule has 11 nitrogen and oxygen atoms in total. The van der Waals surface area contributed by atoms with Crippen LogP contribution in [0, 0.1) is 11.3 Å². The smallest absolute Gasteiger partial charge is 0.254 e. The van der Waals surface area contributed by atoms with Gasteiger partial charge in [-0.3, -0.25) is 29.7 Å². The summed E-state index contributed by atoms with van der Waals surface area (Å²) in [5.74, 6) is 0.422. The van der Waals surface area contributed by atoms with E-state index >= 15 is 0 Å². The van der Waals surface area contributed by atoms with Crippen LogP contribution in [-0.4, -0.2) is 103 Å². The molecule has 1 unspecified atom stereocenters. The van der Waals surface area contributed by atoms with Crippen LogP contribution in [0.4, 0.5) is 11.4 Å². The third-order valence-electron chi connectivity index (χ3n) is 10.8. The number of H-pyrrole nitrogens is 2. The lowest BCUT2D eigenvalue weighted by molar-refractivity contribution is -0.125. The first-order valence-electron chi connectivity index (χ1n) is 17.7. The van der Waals surface area contributed by atoms with E-state index in [0.717, 1.165) is 105 Å². The second-order valence-corrected chi connectivity index (χ2v) is 14.9. The van der Waals surface area contributed by atoms with Crippen molar-refractivity contribution in [2.75, 3.05) is 69.2 Å². The Bertz CT molecular complexity index is 1820. The Morgan fingerprint density at radius 1 is 1.06 bits per heavy atom. The summed E-state index contributed by atoms with van der Waals surface area (Å²) in [4.78, 5) is 48.2. The van der Waals surface area contributed by atoms with E-state index in [-0.39, 0.29) is 18.2 Å². The maximum Gasteiger partial charge on any atom is 0.254 e. The maximum atomic E-state index is 13.6. The fourth-order valence-corrected chi connectivity index (χ4v) is 7.81. The maximum absolute atomic E-state index is 13.6. The Hall–Kier alpha value is -4.64. The Balaban J connectivity index is 0.893. The molecule has 2 aliphatic heterocycles. The highest BCUT2D eigenvalue weighted by Crippen LogP contribution is 2.38. The largest absolute Gasteiger partial charge is 0.374 e. The number of hydrogen-bond acceptors (Lipinski definition) is 7. The van der Waals surface area contributed by atoms with Crippen molar-refractivity contribution in [1.82, 2.24) is 30.3 Å². The molecule has 11 heteroatoms. The van der Waals surface area contributed by atoms with Gasteiger partial charge in [-0.05, 0) is 79.5 Å². The van der Waals surface area contributed by atoms with E-state index in [1.54, 1.807) is 0 Å². The Morgan fingerprint density at radius 2 is 1.86 bits per heavy atom. The highest BCUT2D eigenvalue weighted by molar-refractivity contribution is 5.99. The fourth-order valence-electron chi connectivity index (χ4n) is 7.81. The summed E-state index contributed by atoms with van der Waals surface area (Å²) in [5, 5.41) is 11.3. The second-order valence-electron chi connectivity index (χ2n) is 14.9. The van der Waals surface area contributed by atoms with Crippen molar-refractivity contribution in [3.8, 4) is 11.4 Å². The lowest BCUT2D eigenvalue weighted by atomic mass is 9.76. The Morgan fingerprint density at radius 3 is 2.63 bits per heavy atom. The van der Waals surface area contributed by atoms with Gasteiger partial charge in [0.05, 0.1) is 5.69 Å². The quantitative estimate of drug-likeness (QED) is 0.214. The first-order chi connectivity index (χ1) is 23.7. The molecule has 2 aromatic heterocycles. The standard InChI is InChI=1S/C38H48N8O3/c1-38(2)13-10-31-34(22-38)41-42-36(31)33-20-27-4-5-28(21-32(27)40-33)37(49)45-18-16-44(17-19-45)23-26-11-15-46(24-26)30-8-6-29(7-9-30)43(3)14-12-35(48)39-25-47/h4-9,20-21,25-26,40H,10-19,22-24H2,1-3H3,(H,41,42)(H,39,47,48). The number of fused-ring (bicyclic) bond motifs is 2. The number of aromatic nitrogens is 3. The first-order valence-corrected chi connectivity index (χ1v) is 17.7. The number of aromatic amines is 2. The molecule has 0 saturated carbocycles. The van der Waals surface area contributed by atoms with Gasteiger partial charge in [0.25, 0.3) is 5.91 Å². The van der Waals surface area contributed by atoms with Crippen molar-refractivity contribution in [2.24, 2.45) is 11.3 Å². The van der Waals surface area contributed by atoms with Gasteiger partial charge in [-0.15, -0.1) is 0 Å². The number of carbonyl (C=O) groups is 3. The zero-order valence-corrected chi connectivity index (χ0v) is 28.9. The third kappa shape index (κ3) is 7.22. The van der Waals surface area contributed by atoms with Crippen LogP contribution in [0.1, 0.15) is 54.7 Å². The molecular weight excluding hydrogens is 616 g/mol. The van der Waals surface area contributed by atoms with Crippen LogP contribution >= 0.6 is 0 Å². The van der Waals surface area contributed by atoms with Gasteiger partial charge in [-0.2, -0.15) is 5.10 Å². The predicted molar refractivity (Wildman–Crippen MR) is 193 cm³/mol. The fraction of sp³-hybridized carbons (Fsp3) is 0.474. The lowest BCUT2D eigenvalue weighted by Gasteiger charge is -2.36. The number of piperazine rings is 1. The van der Waals surface area contributed by atoms with Crippen molar-refractivity contribution < 1.29 is 14.4 Å². The minimum absolute atomic E-state index is 0.0995. The lowest BCUT2D eigenvalue weighted by Crippen LogP contribution is -2.50. The van der Waals surface area contributed by atoms with Gasteiger partial charge in [-0.1, -0.05) is 19.9 Å². The first kappa shape index (κ1) is 32.9. The number of nitrogens with one attached hydrogen (secondary N) is 3. The summed E-state index contributed by atoms with van der Waals surface area (Å²) < 4.78 is 0. The zero-order chi connectivity index (χ0) is 34.1. The summed E-state index contributed by atoms with van der Waals surface area (Å²) in [7, 11) is 1.95. The van der Waals surface area contributed by atoms with Crippen LogP contribution in [0.15, 0.2) is 48.5 Å². The average molecular weight is 665 g/mol. The van der Waals surface area contributed by atoms with E-state index in [2.05, 4.69) is 80.5 Å².